The summed E-state index contributed by atoms with van der Waals surface area (Å²) in [6.45, 7) is 8.62. The summed E-state index contributed by atoms with van der Waals surface area (Å²) in [5.74, 6) is 0. The molecule has 0 saturated carbocycles. The molecule has 2 amide bonds. The largest absolute Gasteiger partial charge is 0.381 e. The van der Waals surface area contributed by atoms with E-state index in [1.807, 2.05) is 30.0 Å². The molecule has 3 rings (SSSR count). The Kier molecular flexibility index (Phi) is 6.68. The van der Waals surface area contributed by atoms with Gasteiger partial charge < -0.3 is 15.4 Å². The molecule has 1 fully saturated rings. The molecule has 0 atom stereocenters. The number of ether oxygens (including phenoxy) is 1. The van der Waals surface area contributed by atoms with Gasteiger partial charge in [0.15, 0.2) is 0 Å². The number of hydrogen-bond donors (Lipinski definition) is 2. The Labute approximate surface area is 172 Å². The van der Waals surface area contributed by atoms with Gasteiger partial charge in [0, 0.05) is 35.1 Å². The van der Waals surface area contributed by atoms with Crippen molar-refractivity contribution in [2.24, 2.45) is 0 Å². The van der Waals surface area contributed by atoms with E-state index in [0.717, 1.165) is 31.7 Å². The first-order chi connectivity index (χ1) is 13.4. The second kappa shape index (κ2) is 9.01. The zero-order valence-electron chi connectivity index (χ0n) is 17.0. The average molecular weight is 399 g/mol. The van der Waals surface area contributed by atoms with Crippen molar-refractivity contribution in [3.63, 3.8) is 0 Å². The summed E-state index contributed by atoms with van der Waals surface area (Å²) in [4.78, 5) is 13.7. The third-order valence-electron chi connectivity index (χ3n) is 5.06. The standard InChI is InChI=1S/C23H30N2O2S/c1-22(2,3)18-9-11-19(12-10-18)25-21(26)24-17-23(13-15-27-16-14-23)28-20-7-5-4-6-8-20/h4-12H,13-17H2,1-3H3,(H2,24,25,26). The van der Waals surface area contributed by atoms with Crippen molar-refractivity contribution in [1.82, 2.24) is 5.32 Å². The fourth-order valence-corrected chi connectivity index (χ4v) is 4.58. The number of rotatable bonds is 5. The van der Waals surface area contributed by atoms with Crippen molar-refractivity contribution in [3.8, 4) is 0 Å². The molecule has 0 aromatic heterocycles. The third-order valence-corrected chi connectivity index (χ3v) is 6.55. The predicted molar refractivity (Wildman–Crippen MR) is 117 cm³/mol. The van der Waals surface area contributed by atoms with Crippen LogP contribution in [0.25, 0.3) is 0 Å². The molecular formula is C23H30N2O2S. The molecule has 28 heavy (non-hydrogen) atoms. The molecule has 4 nitrogen and oxygen atoms in total. The minimum Gasteiger partial charge on any atom is -0.381 e. The van der Waals surface area contributed by atoms with Gasteiger partial charge >= 0.3 is 6.03 Å². The zero-order chi connectivity index (χ0) is 20.0. The van der Waals surface area contributed by atoms with Gasteiger partial charge in [0.2, 0.25) is 0 Å². The van der Waals surface area contributed by atoms with E-state index in [1.165, 1.54) is 10.5 Å². The Balaban J connectivity index is 1.59. The van der Waals surface area contributed by atoms with Crippen LogP contribution in [0.3, 0.4) is 0 Å². The van der Waals surface area contributed by atoms with Crippen molar-refractivity contribution in [2.45, 2.75) is 48.7 Å². The molecule has 5 heteroatoms. The van der Waals surface area contributed by atoms with Crippen molar-refractivity contribution in [2.75, 3.05) is 25.1 Å². The van der Waals surface area contributed by atoms with Gasteiger partial charge in [0.05, 0.1) is 0 Å². The molecule has 0 bridgehead atoms. The first-order valence-electron chi connectivity index (χ1n) is 9.84. The number of thioether (sulfide) groups is 1. The molecule has 0 radical (unpaired) electrons. The predicted octanol–water partition coefficient (Wildman–Crippen LogP) is 5.45. The second-order valence-electron chi connectivity index (χ2n) is 8.35. The van der Waals surface area contributed by atoms with E-state index in [0.29, 0.717) is 6.54 Å². The Morgan fingerprint density at radius 2 is 1.68 bits per heavy atom. The smallest absolute Gasteiger partial charge is 0.319 e. The highest BCUT2D eigenvalue weighted by atomic mass is 32.2. The molecule has 1 heterocycles. The molecule has 2 aromatic carbocycles. The van der Waals surface area contributed by atoms with Gasteiger partial charge in [0.1, 0.15) is 0 Å². The topological polar surface area (TPSA) is 50.4 Å². The lowest BCUT2D eigenvalue weighted by molar-refractivity contribution is 0.0777. The Hall–Kier alpha value is -1.98. The molecule has 2 aromatic rings. The van der Waals surface area contributed by atoms with Gasteiger partial charge in [-0.05, 0) is 48.1 Å². The second-order valence-corrected chi connectivity index (χ2v) is 9.89. The number of carbonyl (C=O) groups excluding carboxylic acids is 1. The summed E-state index contributed by atoms with van der Waals surface area (Å²) < 4.78 is 5.53. The zero-order valence-corrected chi connectivity index (χ0v) is 17.8. The maximum Gasteiger partial charge on any atom is 0.319 e. The summed E-state index contributed by atoms with van der Waals surface area (Å²) in [7, 11) is 0. The Morgan fingerprint density at radius 3 is 2.29 bits per heavy atom. The van der Waals surface area contributed by atoms with Crippen molar-refractivity contribution in [1.29, 1.82) is 0 Å². The monoisotopic (exact) mass is 398 g/mol. The van der Waals surface area contributed by atoms with Gasteiger partial charge in [-0.15, -0.1) is 11.8 Å². The van der Waals surface area contributed by atoms with Crippen molar-refractivity contribution < 1.29 is 9.53 Å². The number of nitrogens with one attached hydrogen (secondary N) is 2. The van der Waals surface area contributed by atoms with E-state index >= 15 is 0 Å². The van der Waals surface area contributed by atoms with E-state index < -0.39 is 0 Å². The summed E-state index contributed by atoms with van der Waals surface area (Å²) in [6.07, 6.45) is 1.85. The van der Waals surface area contributed by atoms with Crippen LogP contribution >= 0.6 is 11.8 Å². The Morgan fingerprint density at radius 1 is 1.04 bits per heavy atom. The van der Waals surface area contributed by atoms with E-state index in [-0.39, 0.29) is 16.2 Å². The van der Waals surface area contributed by atoms with Crippen molar-refractivity contribution >= 4 is 23.5 Å². The maximum atomic E-state index is 12.5. The highest BCUT2D eigenvalue weighted by Crippen LogP contribution is 2.40. The van der Waals surface area contributed by atoms with Crippen LogP contribution in [-0.2, 0) is 10.2 Å². The van der Waals surface area contributed by atoms with Crippen LogP contribution < -0.4 is 10.6 Å². The molecule has 0 aliphatic carbocycles. The van der Waals surface area contributed by atoms with Gasteiger partial charge in [-0.1, -0.05) is 51.1 Å². The molecule has 0 spiro atoms. The van der Waals surface area contributed by atoms with Crippen molar-refractivity contribution in [3.05, 3.63) is 60.2 Å². The summed E-state index contributed by atoms with van der Waals surface area (Å²) >= 11 is 1.84. The first-order valence-corrected chi connectivity index (χ1v) is 10.7. The van der Waals surface area contributed by atoms with E-state index in [9.17, 15) is 4.79 Å². The fraction of sp³-hybridized carbons (Fsp3) is 0.435. The lowest BCUT2D eigenvalue weighted by atomic mass is 9.87. The fourth-order valence-electron chi connectivity index (χ4n) is 3.27. The molecule has 1 aliphatic rings. The summed E-state index contributed by atoms with van der Waals surface area (Å²) in [5.41, 5.74) is 2.16. The molecule has 1 aliphatic heterocycles. The van der Waals surface area contributed by atoms with Crippen LogP contribution in [0.5, 0.6) is 0 Å². The number of carbonyl (C=O) groups is 1. The first kappa shape index (κ1) is 20.7. The summed E-state index contributed by atoms with van der Waals surface area (Å²) in [5, 5.41) is 6.03. The minimum absolute atomic E-state index is 0.0347. The molecule has 150 valence electrons. The van der Waals surface area contributed by atoms with Gasteiger partial charge in [-0.3, -0.25) is 0 Å². The molecule has 2 N–H and O–H groups in total. The maximum absolute atomic E-state index is 12.5. The van der Waals surface area contributed by atoms with E-state index in [4.69, 9.17) is 4.74 Å². The number of amides is 2. The highest BCUT2D eigenvalue weighted by molar-refractivity contribution is 8.00. The SMILES string of the molecule is CC(C)(C)c1ccc(NC(=O)NCC2(Sc3ccccc3)CCOCC2)cc1. The van der Waals surface area contributed by atoms with Crippen LogP contribution in [0.15, 0.2) is 59.5 Å². The highest BCUT2D eigenvalue weighted by Gasteiger charge is 2.34. The average Bonchev–Trinajstić information content (AvgIpc) is 2.68. The van der Waals surface area contributed by atoms with Gasteiger partial charge in [-0.25, -0.2) is 4.79 Å². The molecule has 0 unspecified atom stereocenters. The van der Waals surface area contributed by atoms with Crippen LogP contribution in [-0.4, -0.2) is 30.5 Å². The normalized spacial score (nSPS) is 16.4. The Bertz CT molecular complexity index is 763. The lowest BCUT2D eigenvalue weighted by Crippen LogP contribution is -2.45. The lowest BCUT2D eigenvalue weighted by Gasteiger charge is -2.36. The number of urea groups is 1. The number of benzene rings is 2. The van der Waals surface area contributed by atoms with Gasteiger partial charge in [-0.2, -0.15) is 0 Å². The quantitative estimate of drug-likeness (QED) is 0.704. The molecule has 1 saturated heterocycles. The van der Waals surface area contributed by atoms with E-state index in [1.54, 1.807) is 0 Å². The third kappa shape index (κ3) is 5.76. The van der Waals surface area contributed by atoms with Gasteiger partial charge in [0.25, 0.3) is 0 Å². The molecular weight excluding hydrogens is 368 g/mol. The minimum atomic E-state index is -0.164. The van der Waals surface area contributed by atoms with Crippen LogP contribution in [0.2, 0.25) is 0 Å². The van der Waals surface area contributed by atoms with E-state index in [2.05, 4.69) is 67.8 Å². The van der Waals surface area contributed by atoms with Crippen LogP contribution in [0.4, 0.5) is 10.5 Å². The number of anilines is 1. The van der Waals surface area contributed by atoms with Crippen LogP contribution in [0.1, 0.15) is 39.2 Å². The number of hydrogen-bond acceptors (Lipinski definition) is 3. The van der Waals surface area contributed by atoms with Crippen LogP contribution in [0, 0.1) is 0 Å². The summed E-state index contributed by atoms with van der Waals surface area (Å²) in [6, 6.07) is 18.3.